The van der Waals surface area contributed by atoms with Gasteiger partial charge in [-0.1, -0.05) is 97.9 Å². The van der Waals surface area contributed by atoms with E-state index in [-0.39, 0.29) is 48.4 Å². The molecule has 6 nitrogen and oxygen atoms in total. The fraction of sp³-hybridized carbons (Fsp3) is 0.375. The average molecular weight is 514 g/mol. The largest absolute Gasteiger partial charge is 0.469 e. The van der Waals surface area contributed by atoms with Crippen LogP contribution in [0.1, 0.15) is 55.0 Å². The number of carbonyl (C=O) groups excluding carboxylic acids is 2. The second-order valence-electron chi connectivity index (χ2n) is 10.1. The van der Waals surface area contributed by atoms with Gasteiger partial charge in [-0.25, -0.2) is 0 Å². The molecule has 0 unspecified atom stereocenters. The van der Waals surface area contributed by atoms with E-state index in [2.05, 4.69) is 31.2 Å². The highest BCUT2D eigenvalue weighted by molar-refractivity contribution is 5.80. The number of nitrogens with zero attached hydrogens (tertiary/aromatic N) is 1. The van der Waals surface area contributed by atoms with Crippen LogP contribution in [0.3, 0.4) is 0 Å². The fourth-order valence-corrected chi connectivity index (χ4v) is 6.02. The standard InChI is InChI=1S/C32H35NO5/c1-3-26-25(20-29(35)36-2)19-28(34)33-30(22-13-7-4-8-14-22)27(38-32(26)33)21-37-31(23-15-9-5-10-16-23)24-17-11-6-12-18-24/h4-18,25-27,30-32H,3,19-21H2,1-2H3/t25-,26-,27-,30+,32+/m0/s1. The number of amides is 1. The highest BCUT2D eigenvalue weighted by Gasteiger charge is 2.53. The lowest BCUT2D eigenvalue weighted by molar-refractivity contribution is -0.158. The number of rotatable bonds is 9. The van der Waals surface area contributed by atoms with Crippen molar-refractivity contribution in [1.29, 1.82) is 0 Å². The second-order valence-corrected chi connectivity index (χ2v) is 10.1. The topological polar surface area (TPSA) is 65.1 Å². The van der Waals surface area contributed by atoms with Crippen LogP contribution in [0.15, 0.2) is 91.0 Å². The minimum atomic E-state index is -0.415. The summed E-state index contributed by atoms with van der Waals surface area (Å²) in [6, 6.07) is 30.1. The van der Waals surface area contributed by atoms with Crippen molar-refractivity contribution in [2.24, 2.45) is 11.8 Å². The van der Waals surface area contributed by atoms with Crippen molar-refractivity contribution in [2.45, 2.75) is 50.7 Å². The van der Waals surface area contributed by atoms with Gasteiger partial charge in [0, 0.05) is 18.8 Å². The van der Waals surface area contributed by atoms with Crippen LogP contribution in [-0.4, -0.2) is 42.8 Å². The number of ether oxygens (including phenoxy) is 3. The molecular weight excluding hydrogens is 478 g/mol. The van der Waals surface area contributed by atoms with E-state index in [1.807, 2.05) is 71.6 Å². The summed E-state index contributed by atoms with van der Waals surface area (Å²) in [7, 11) is 1.39. The van der Waals surface area contributed by atoms with E-state index >= 15 is 0 Å². The summed E-state index contributed by atoms with van der Waals surface area (Å²) in [5.74, 6) is -0.367. The highest BCUT2D eigenvalue weighted by Crippen LogP contribution is 2.47. The van der Waals surface area contributed by atoms with Gasteiger partial charge in [0.05, 0.1) is 19.8 Å². The van der Waals surface area contributed by atoms with Gasteiger partial charge >= 0.3 is 5.97 Å². The summed E-state index contributed by atoms with van der Waals surface area (Å²) < 4.78 is 18.3. The maximum atomic E-state index is 13.6. The van der Waals surface area contributed by atoms with Crippen molar-refractivity contribution >= 4 is 11.9 Å². The normalized spacial score (nSPS) is 24.9. The first kappa shape index (κ1) is 26.1. The quantitative estimate of drug-likeness (QED) is 0.344. The van der Waals surface area contributed by atoms with Crippen LogP contribution in [0.5, 0.6) is 0 Å². The van der Waals surface area contributed by atoms with E-state index in [0.29, 0.717) is 13.0 Å². The molecule has 1 amide bonds. The van der Waals surface area contributed by atoms with E-state index in [4.69, 9.17) is 14.2 Å². The maximum absolute atomic E-state index is 13.6. The molecule has 2 saturated heterocycles. The van der Waals surface area contributed by atoms with Crippen molar-refractivity contribution in [2.75, 3.05) is 13.7 Å². The smallest absolute Gasteiger partial charge is 0.305 e. The van der Waals surface area contributed by atoms with Gasteiger partial charge in [0.25, 0.3) is 0 Å². The summed E-state index contributed by atoms with van der Waals surface area (Å²) in [6.07, 6.45) is 0.284. The molecule has 2 heterocycles. The molecule has 38 heavy (non-hydrogen) atoms. The molecule has 3 aromatic carbocycles. The third kappa shape index (κ3) is 5.38. The molecule has 198 valence electrons. The lowest BCUT2D eigenvalue weighted by atomic mass is 9.79. The summed E-state index contributed by atoms with van der Waals surface area (Å²) in [4.78, 5) is 27.6. The molecular formula is C32H35NO5. The van der Waals surface area contributed by atoms with Crippen molar-refractivity contribution in [3.63, 3.8) is 0 Å². The second kappa shape index (κ2) is 11.9. The molecule has 0 spiro atoms. The van der Waals surface area contributed by atoms with Crippen molar-refractivity contribution in [1.82, 2.24) is 4.90 Å². The van der Waals surface area contributed by atoms with E-state index in [1.165, 1.54) is 7.11 Å². The van der Waals surface area contributed by atoms with Crippen LogP contribution in [0.25, 0.3) is 0 Å². The minimum absolute atomic E-state index is 0.00706. The molecule has 0 N–H and O–H groups in total. The molecule has 3 aromatic rings. The summed E-state index contributed by atoms with van der Waals surface area (Å²) in [6.45, 7) is 2.40. The first-order valence-corrected chi connectivity index (χ1v) is 13.4. The zero-order chi connectivity index (χ0) is 26.5. The summed E-state index contributed by atoms with van der Waals surface area (Å²) in [5.41, 5.74) is 3.15. The molecule has 2 aliphatic heterocycles. The zero-order valence-electron chi connectivity index (χ0n) is 21.9. The molecule has 2 aliphatic rings. The predicted octanol–water partition coefficient (Wildman–Crippen LogP) is 5.70. The lowest BCUT2D eigenvalue weighted by Gasteiger charge is -2.41. The Morgan fingerprint density at radius 3 is 2.08 bits per heavy atom. The Morgan fingerprint density at radius 2 is 1.53 bits per heavy atom. The molecule has 0 aromatic heterocycles. The highest BCUT2D eigenvalue weighted by atomic mass is 16.6. The van der Waals surface area contributed by atoms with Crippen LogP contribution in [0, 0.1) is 11.8 Å². The number of carbonyl (C=O) groups is 2. The number of piperidine rings is 1. The number of hydrogen-bond acceptors (Lipinski definition) is 5. The number of benzene rings is 3. The summed E-state index contributed by atoms with van der Waals surface area (Å²) in [5, 5.41) is 0. The predicted molar refractivity (Wildman–Crippen MR) is 144 cm³/mol. The van der Waals surface area contributed by atoms with Crippen LogP contribution in [0.4, 0.5) is 0 Å². The zero-order valence-corrected chi connectivity index (χ0v) is 21.9. The minimum Gasteiger partial charge on any atom is -0.469 e. The monoisotopic (exact) mass is 513 g/mol. The van der Waals surface area contributed by atoms with Gasteiger partial charge in [0.15, 0.2) is 0 Å². The third-order valence-corrected chi connectivity index (χ3v) is 7.84. The summed E-state index contributed by atoms with van der Waals surface area (Å²) >= 11 is 0. The Labute approximate surface area is 224 Å². The maximum Gasteiger partial charge on any atom is 0.305 e. The number of fused-ring (bicyclic) bond motifs is 1. The molecule has 5 atom stereocenters. The molecule has 6 heteroatoms. The Kier molecular flexibility index (Phi) is 8.20. The molecule has 2 fully saturated rings. The van der Waals surface area contributed by atoms with Gasteiger partial charge in [-0.2, -0.15) is 0 Å². The Bertz CT molecular complexity index is 1160. The van der Waals surface area contributed by atoms with Crippen LogP contribution in [0.2, 0.25) is 0 Å². The average Bonchev–Trinajstić information content (AvgIpc) is 3.35. The molecule has 0 radical (unpaired) electrons. The Morgan fingerprint density at radius 1 is 0.947 bits per heavy atom. The molecule has 0 aliphatic carbocycles. The van der Waals surface area contributed by atoms with Gasteiger partial charge < -0.3 is 19.1 Å². The van der Waals surface area contributed by atoms with Crippen LogP contribution >= 0.6 is 0 Å². The fourth-order valence-electron chi connectivity index (χ4n) is 6.02. The van der Waals surface area contributed by atoms with Gasteiger partial charge in [-0.05, 0) is 29.0 Å². The first-order chi connectivity index (χ1) is 18.6. The van der Waals surface area contributed by atoms with E-state index in [1.54, 1.807) is 0 Å². The van der Waals surface area contributed by atoms with Crippen molar-refractivity contribution in [3.8, 4) is 0 Å². The lowest BCUT2D eigenvalue weighted by Crippen LogP contribution is -2.50. The SMILES string of the molecule is CC[C@H]1[C@H](CC(=O)OC)CC(=O)N2[C@@H]1O[C@@H](COC(c1ccccc1)c1ccccc1)[C@H]2c1ccccc1. The van der Waals surface area contributed by atoms with Gasteiger partial charge in [0.1, 0.15) is 18.4 Å². The van der Waals surface area contributed by atoms with Gasteiger partial charge in [-0.3, -0.25) is 9.59 Å². The number of hydrogen-bond donors (Lipinski definition) is 0. The van der Waals surface area contributed by atoms with Crippen LogP contribution in [-0.2, 0) is 23.8 Å². The number of esters is 1. The third-order valence-electron chi connectivity index (χ3n) is 7.84. The Hall–Kier alpha value is -3.48. The van der Waals surface area contributed by atoms with Crippen molar-refractivity contribution in [3.05, 3.63) is 108 Å². The van der Waals surface area contributed by atoms with E-state index in [0.717, 1.165) is 23.1 Å². The van der Waals surface area contributed by atoms with Crippen molar-refractivity contribution < 1.29 is 23.8 Å². The Balaban J connectivity index is 1.45. The first-order valence-electron chi connectivity index (χ1n) is 13.4. The van der Waals surface area contributed by atoms with E-state index < -0.39 is 6.23 Å². The van der Waals surface area contributed by atoms with Gasteiger partial charge in [0.2, 0.25) is 5.91 Å². The van der Waals surface area contributed by atoms with E-state index in [9.17, 15) is 9.59 Å². The number of methoxy groups -OCH3 is 1. The van der Waals surface area contributed by atoms with Crippen LogP contribution < -0.4 is 0 Å². The molecule has 0 bridgehead atoms. The van der Waals surface area contributed by atoms with Gasteiger partial charge in [-0.15, -0.1) is 0 Å². The molecule has 5 rings (SSSR count). The molecule has 0 saturated carbocycles.